The number of aromatic nitrogens is 4. The lowest BCUT2D eigenvalue weighted by atomic mass is 10.1. The summed E-state index contributed by atoms with van der Waals surface area (Å²) in [6.45, 7) is 1.90. The minimum Gasteiger partial charge on any atom is -0.376 e. The van der Waals surface area contributed by atoms with Gasteiger partial charge in [-0.15, -0.1) is 0 Å². The molecule has 0 bridgehead atoms. The van der Waals surface area contributed by atoms with Gasteiger partial charge in [0.1, 0.15) is 0 Å². The predicted octanol–water partition coefficient (Wildman–Crippen LogP) is 2.82. The van der Waals surface area contributed by atoms with Crippen LogP contribution in [0.1, 0.15) is 19.3 Å². The van der Waals surface area contributed by atoms with E-state index in [2.05, 4.69) is 15.6 Å². The van der Waals surface area contributed by atoms with E-state index in [0.717, 1.165) is 41.7 Å². The fourth-order valence-electron chi connectivity index (χ4n) is 4.60. The number of fused-ring (bicyclic) bond motifs is 1. The Bertz CT molecular complexity index is 1250. The van der Waals surface area contributed by atoms with Gasteiger partial charge in [-0.2, -0.15) is 5.10 Å². The first-order valence-corrected chi connectivity index (χ1v) is 12.9. The van der Waals surface area contributed by atoms with Gasteiger partial charge in [0.2, 0.25) is 0 Å². The number of benzene rings is 1. The van der Waals surface area contributed by atoms with Crippen LogP contribution < -0.4 is 0 Å². The topological polar surface area (TPSA) is 85.2 Å². The summed E-state index contributed by atoms with van der Waals surface area (Å²) >= 11 is 5.84. The van der Waals surface area contributed by atoms with E-state index in [4.69, 9.17) is 22.1 Å². The van der Waals surface area contributed by atoms with E-state index in [9.17, 15) is 8.42 Å². The summed E-state index contributed by atoms with van der Waals surface area (Å²) in [4.78, 5) is 5.37. The van der Waals surface area contributed by atoms with Crippen LogP contribution in [-0.4, -0.2) is 70.0 Å². The molecule has 1 N–H and O–H groups in total. The molecule has 5 rings (SSSR count). The van der Waals surface area contributed by atoms with Gasteiger partial charge >= 0.3 is 0 Å². The van der Waals surface area contributed by atoms with Gasteiger partial charge in [-0.3, -0.25) is 9.47 Å². The summed E-state index contributed by atoms with van der Waals surface area (Å²) in [6.07, 6.45) is 4.84. The van der Waals surface area contributed by atoms with Crippen molar-refractivity contribution in [2.24, 2.45) is 0 Å². The van der Waals surface area contributed by atoms with Gasteiger partial charge in [0.25, 0.3) is 0 Å². The Morgan fingerprint density at radius 3 is 2.90 bits per heavy atom. The lowest BCUT2D eigenvalue weighted by Gasteiger charge is -2.22. The third-order valence-electron chi connectivity index (χ3n) is 6.35. The van der Waals surface area contributed by atoms with Crippen LogP contribution in [-0.2, 0) is 27.8 Å². The van der Waals surface area contributed by atoms with Crippen LogP contribution in [0, 0.1) is 4.77 Å². The zero-order valence-electron chi connectivity index (χ0n) is 17.5. The molecule has 3 aromatic rings. The van der Waals surface area contributed by atoms with Gasteiger partial charge in [0, 0.05) is 35.3 Å². The van der Waals surface area contributed by atoms with Crippen LogP contribution in [0.25, 0.3) is 22.3 Å². The number of sulfone groups is 1. The van der Waals surface area contributed by atoms with Gasteiger partial charge < -0.3 is 9.72 Å². The van der Waals surface area contributed by atoms with Gasteiger partial charge in [0.05, 0.1) is 30.8 Å². The second-order valence-electron chi connectivity index (χ2n) is 8.55. The first-order chi connectivity index (χ1) is 14.9. The second-order valence-corrected chi connectivity index (χ2v) is 11.1. The van der Waals surface area contributed by atoms with Crippen LogP contribution in [0.15, 0.2) is 30.5 Å². The Balaban J connectivity index is 1.51. The van der Waals surface area contributed by atoms with Crippen molar-refractivity contribution in [2.75, 3.05) is 25.2 Å². The number of H-pyrrole nitrogens is 1. The number of aromatic amines is 1. The first-order valence-electron chi connectivity index (χ1n) is 10.7. The third-order valence-corrected chi connectivity index (χ3v) is 8.53. The number of nitrogens with one attached hydrogen (secondary N) is 1. The predicted molar refractivity (Wildman–Crippen MR) is 122 cm³/mol. The Morgan fingerprint density at radius 1 is 1.32 bits per heavy atom. The molecular formula is C21H27N5O3S2. The van der Waals surface area contributed by atoms with Crippen molar-refractivity contribution < 1.29 is 13.2 Å². The molecule has 0 spiro atoms. The molecule has 1 aromatic carbocycles. The molecule has 0 saturated carbocycles. The molecule has 2 aromatic heterocycles. The molecule has 2 aliphatic heterocycles. The van der Waals surface area contributed by atoms with Gasteiger partial charge in [-0.1, -0.05) is 18.2 Å². The monoisotopic (exact) mass is 461 g/mol. The highest BCUT2D eigenvalue weighted by Gasteiger charge is 2.31. The summed E-state index contributed by atoms with van der Waals surface area (Å²) in [5, 5.41) is 6.00. The largest absolute Gasteiger partial charge is 0.376 e. The van der Waals surface area contributed by atoms with Crippen molar-refractivity contribution >= 4 is 33.0 Å². The zero-order chi connectivity index (χ0) is 21.6. The van der Waals surface area contributed by atoms with Crippen molar-refractivity contribution in [3.8, 4) is 11.4 Å². The van der Waals surface area contributed by atoms with Crippen LogP contribution in [0.3, 0.4) is 0 Å². The minimum atomic E-state index is -2.94. The molecule has 4 heterocycles. The summed E-state index contributed by atoms with van der Waals surface area (Å²) < 4.78 is 34.2. The Morgan fingerprint density at radius 2 is 2.16 bits per heavy atom. The second kappa shape index (κ2) is 8.16. The Hall–Kier alpha value is -2.01. The third kappa shape index (κ3) is 4.09. The molecule has 0 amide bonds. The van der Waals surface area contributed by atoms with Crippen molar-refractivity contribution in [1.82, 2.24) is 24.2 Å². The molecule has 0 radical (unpaired) electrons. The lowest BCUT2D eigenvalue weighted by Crippen LogP contribution is -2.34. The molecule has 2 unspecified atom stereocenters. The van der Waals surface area contributed by atoms with E-state index in [1.807, 2.05) is 41.0 Å². The first kappa shape index (κ1) is 20.9. The van der Waals surface area contributed by atoms with Gasteiger partial charge in [0.15, 0.2) is 20.4 Å². The molecule has 0 aliphatic carbocycles. The van der Waals surface area contributed by atoms with Crippen molar-refractivity contribution in [3.63, 3.8) is 0 Å². The van der Waals surface area contributed by atoms with E-state index in [1.54, 1.807) is 0 Å². The summed E-state index contributed by atoms with van der Waals surface area (Å²) in [6, 6.07) is 8.14. The molecule has 2 fully saturated rings. The van der Waals surface area contributed by atoms with Crippen molar-refractivity contribution in [2.45, 2.75) is 44.6 Å². The fraction of sp³-hybridized carbons (Fsp3) is 0.524. The van der Waals surface area contributed by atoms with Crippen molar-refractivity contribution in [3.05, 3.63) is 35.2 Å². The smallest absolute Gasteiger partial charge is 0.199 e. The maximum Gasteiger partial charge on any atom is 0.199 e. The maximum absolute atomic E-state index is 11.9. The van der Waals surface area contributed by atoms with Crippen LogP contribution >= 0.6 is 12.2 Å². The van der Waals surface area contributed by atoms with E-state index < -0.39 is 9.84 Å². The Kier molecular flexibility index (Phi) is 5.49. The van der Waals surface area contributed by atoms with Crippen LogP contribution in [0.5, 0.6) is 0 Å². The summed E-state index contributed by atoms with van der Waals surface area (Å²) in [5.41, 5.74) is 2.06. The van der Waals surface area contributed by atoms with Gasteiger partial charge in [-0.25, -0.2) is 13.1 Å². The minimum absolute atomic E-state index is 0.00764. The molecule has 166 valence electrons. The van der Waals surface area contributed by atoms with Crippen molar-refractivity contribution in [1.29, 1.82) is 0 Å². The van der Waals surface area contributed by atoms with E-state index >= 15 is 0 Å². The normalized spacial score (nSPS) is 23.3. The summed E-state index contributed by atoms with van der Waals surface area (Å²) in [7, 11) is -1.00. The standard InChI is InChI=1S/C21H27N5O3S2/c1-24(15-8-10-31(27,28)13-15)14-26-21(30)25(12-16-5-4-9-29-16)20(23-26)18-11-22-19-7-3-2-6-17(18)19/h2-3,6-7,11,15-16,22H,4-5,8-10,12-14H2,1H3. The van der Waals surface area contributed by atoms with E-state index in [-0.39, 0.29) is 23.7 Å². The fourth-order valence-corrected chi connectivity index (χ4v) is 6.66. The zero-order valence-corrected chi connectivity index (χ0v) is 19.2. The average molecular weight is 462 g/mol. The molecule has 31 heavy (non-hydrogen) atoms. The number of para-hydroxylation sites is 1. The van der Waals surface area contributed by atoms with Crippen LogP contribution in [0.4, 0.5) is 0 Å². The number of rotatable bonds is 6. The number of hydrogen-bond acceptors (Lipinski definition) is 6. The average Bonchev–Trinajstić information content (AvgIpc) is 3.52. The molecular weight excluding hydrogens is 434 g/mol. The van der Waals surface area contributed by atoms with E-state index in [0.29, 0.717) is 24.4 Å². The number of hydrogen-bond donors (Lipinski definition) is 1. The SMILES string of the molecule is CN(Cn1nc(-c2c[nH]c3ccccc23)n(CC2CCCO2)c1=S)C1CCS(=O)(=O)C1. The molecule has 2 atom stereocenters. The highest BCUT2D eigenvalue weighted by Crippen LogP contribution is 2.29. The molecule has 2 saturated heterocycles. The Labute approximate surface area is 186 Å². The quantitative estimate of drug-likeness (QED) is 0.568. The van der Waals surface area contributed by atoms with Gasteiger partial charge in [-0.05, 0) is 44.6 Å². The molecule has 10 heteroatoms. The molecule has 2 aliphatic rings. The highest BCUT2D eigenvalue weighted by molar-refractivity contribution is 7.91. The van der Waals surface area contributed by atoms with E-state index in [1.165, 1.54) is 0 Å². The maximum atomic E-state index is 11.9. The highest BCUT2D eigenvalue weighted by atomic mass is 32.2. The number of nitrogens with zero attached hydrogens (tertiary/aromatic N) is 4. The number of ether oxygens (including phenoxy) is 1. The molecule has 8 nitrogen and oxygen atoms in total. The lowest BCUT2D eigenvalue weighted by molar-refractivity contribution is 0.0966. The summed E-state index contributed by atoms with van der Waals surface area (Å²) in [5.74, 6) is 1.26. The van der Waals surface area contributed by atoms with Crippen LogP contribution in [0.2, 0.25) is 0 Å².